The van der Waals surface area contributed by atoms with Crippen LogP contribution in [0, 0.1) is 5.92 Å². The van der Waals surface area contributed by atoms with Crippen LogP contribution in [-0.2, 0) is 19.6 Å². The Labute approximate surface area is 181 Å². The minimum absolute atomic E-state index is 0.0212. The van der Waals surface area contributed by atoms with Crippen molar-refractivity contribution in [2.75, 3.05) is 31.5 Å². The lowest BCUT2D eigenvalue weighted by Crippen LogP contribution is -2.52. The Morgan fingerprint density at radius 3 is 2.47 bits per heavy atom. The molecule has 1 saturated heterocycles. The van der Waals surface area contributed by atoms with Crippen LogP contribution in [-0.4, -0.2) is 61.7 Å². The fourth-order valence-electron chi connectivity index (χ4n) is 4.30. The summed E-state index contributed by atoms with van der Waals surface area (Å²) in [6.07, 6.45) is 4.49. The summed E-state index contributed by atoms with van der Waals surface area (Å²) in [5, 5.41) is 2.68. The largest absolute Gasteiger partial charge is 0.479 e. The Morgan fingerprint density at radius 2 is 1.80 bits per heavy atom. The molecule has 4 rings (SSSR count). The summed E-state index contributed by atoms with van der Waals surface area (Å²) in [5.74, 6) is 0.187. The Bertz CT molecular complexity index is 953. The summed E-state index contributed by atoms with van der Waals surface area (Å²) in [7, 11) is -3.86. The zero-order chi connectivity index (χ0) is 21.5. The summed E-state index contributed by atoms with van der Waals surface area (Å²) < 4.78 is 33.3. The van der Waals surface area contributed by atoms with E-state index in [4.69, 9.17) is 16.3 Å². The number of fused-ring (bicyclic) bond motifs is 1. The Kier molecular flexibility index (Phi) is 5.96. The number of benzene rings is 1. The van der Waals surface area contributed by atoms with Gasteiger partial charge in [0.05, 0.1) is 10.7 Å². The van der Waals surface area contributed by atoms with E-state index < -0.39 is 16.1 Å². The highest BCUT2D eigenvalue weighted by Crippen LogP contribution is 2.38. The first-order chi connectivity index (χ1) is 14.3. The van der Waals surface area contributed by atoms with Gasteiger partial charge in [0.25, 0.3) is 5.91 Å². The quantitative estimate of drug-likeness (QED) is 0.755. The molecule has 1 aromatic carbocycles. The second-order valence-electron chi connectivity index (χ2n) is 8.09. The molecule has 10 heteroatoms. The predicted octanol–water partition coefficient (Wildman–Crippen LogP) is 2.47. The van der Waals surface area contributed by atoms with Gasteiger partial charge in [0.1, 0.15) is 10.6 Å². The molecule has 2 amide bonds. The average Bonchev–Trinajstić information content (AvgIpc) is 2.74. The number of carbonyl (C=O) groups is 2. The van der Waals surface area contributed by atoms with Crippen LogP contribution in [0.5, 0.6) is 5.75 Å². The van der Waals surface area contributed by atoms with E-state index in [0.717, 1.165) is 25.7 Å². The fraction of sp³-hybridized carbons (Fsp3) is 0.600. The number of halogens is 1. The normalized spacial score (nSPS) is 23.5. The molecule has 1 aromatic rings. The third-order valence-corrected chi connectivity index (χ3v) is 8.45. The zero-order valence-corrected chi connectivity index (χ0v) is 18.5. The fourth-order valence-corrected chi connectivity index (χ4v) is 6.24. The van der Waals surface area contributed by atoms with Crippen LogP contribution in [0.3, 0.4) is 0 Å². The van der Waals surface area contributed by atoms with Gasteiger partial charge in [-0.05, 0) is 25.8 Å². The van der Waals surface area contributed by atoms with Gasteiger partial charge in [-0.2, -0.15) is 4.31 Å². The Morgan fingerprint density at radius 1 is 1.13 bits per heavy atom. The van der Waals surface area contributed by atoms with Crippen molar-refractivity contribution in [2.45, 2.75) is 50.0 Å². The summed E-state index contributed by atoms with van der Waals surface area (Å²) in [6.45, 7) is 2.79. The van der Waals surface area contributed by atoms with Crippen LogP contribution >= 0.6 is 11.6 Å². The van der Waals surface area contributed by atoms with E-state index in [1.54, 1.807) is 11.8 Å². The number of anilines is 1. The van der Waals surface area contributed by atoms with Crippen molar-refractivity contribution in [3.63, 3.8) is 0 Å². The van der Waals surface area contributed by atoms with Crippen LogP contribution in [0.15, 0.2) is 17.0 Å². The molecule has 0 spiro atoms. The second kappa shape index (κ2) is 8.36. The number of amides is 2. The Hall–Kier alpha value is -1.84. The van der Waals surface area contributed by atoms with E-state index in [-0.39, 0.29) is 46.5 Å². The number of nitrogens with one attached hydrogen (secondary N) is 1. The average molecular weight is 456 g/mol. The summed E-state index contributed by atoms with van der Waals surface area (Å²) in [6, 6.07) is 2.76. The third-order valence-electron chi connectivity index (χ3n) is 6.09. The number of ether oxygens (including phenoxy) is 1. The molecule has 1 aliphatic carbocycles. The van der Waals surface area contributed by atoms with Gasteiger partial charge in [0.15, 0.2) is 6.10 Å². The smallest absolute Gasteiger partial charge is 0.265 e. The molecule has 1 N–H and O–H groups in total. The number of piperazine rings is 1. The predicted molar refractivity (Wildman–Crippen MR) is 112 cm³/mol. The third kappa shape index (κ3) is 4.02. The van der Waals surface area contributed by atoms with Crippen molar-refractivity contribution in [2.24, 2.45) is 5.92 Å². The lowest BCUT2D eigenvalue weighted by molar-refractivity contribution is -0.137. The molecule has 2 heterocycles. The van der Waals surface area contributed by atoms with Crippen molar-refractivity contribution in [3.05, 3.63) is 17.2 Å². The minimum Gasteiger partial charge on any atom is -0.479 e. The number of sulfonamides is 1. The van der Waals surface area contributed by atoms with Gasteiger partial charge in [0.2, 0.25) is 15.9 Å². The van der Waals surface area contributed by atoms with Gasteiger partial charge in [-0.3, -0.25) is 9.59 Å². The van der Waals surface area contributed by atoms with Crippen molar-refractivity contribution >= 4 is 39.1 Å². The first-order valence-corrected chi connectivity index (χ1v) is 12.2. The lowest BCUT2D eigenvalue weighted by Gasteiger charge is -2.36. The molecule has 8 nitrogen and oxygen atoms in total. The molecule has 164 valence electrons. The summed E-state index contributed by atoms with van der Waals surface area (Å²) in [5.41, 5.74) is 0.352. The maximum absolute atomic E-state index is 13.2. The monoisotopic (exact) mass is 455 g/mol. The molecular weight excluding hydrogens is 430 g/mol. The SMILES string of the molecule is CC1Oc2cc(S(=O)(=O)N3CCN(C(=O)C4CCCCC4)CC3)c(Cl)cc2NC1=O. The summed E-state index contributed by atoms with van der Waals surface area (Å²) in [4.78, 5) is 26.2. The molecule has 1 unspecified atom stereocenters. The molecule has 0 aromatic heterocycles. The van der Waals surface area contributed by atoms with E-state index >= 15 is 0 Å². The molecule has 30 heavy (non-hydrogen) atoms. The molecule has 2 aliphatic heterocycles. The van der Waals surface area contributed by atoms with Gasteiger partial charge in [-0.15, -0.1) is 0 Å². The van der Waals surface area contributed by atoms with Crippen LogP contribution in [0.4, 0.5) is 5.69 Å². The molecule has 1 saturated carbocycles. The maximum atomic E-state index is 13.2. The van der Waals surface area contributed by atoms with Crippen molar-refractivity contribution in [3.8, 4) is 5.75 Å². The summed E-state index contributed by atoms with van der Waals surface area (Å²) >= 11 is 6.25. The number of rotatable bonds is 3. The Balaban J connectivity index is 1.48. The second-order valence-corrected chi connectivity index (χ2v) is 10.4. The van der Waals surface area contributed by atoms with Crippen LogP contribution in [0.1, 0.15) is 39.0 Å². The van der Waals surface area contributed by atoms with E-state index in [1.807, 2.05) is 0 Å². The van der Waals surface area contributed by atoms with Crippen LogP contribution in [0.25, 0.3) is 0 Å². The topological polar surface area (TPSA) is 96.0 Å². The van der Waals surface area contributed by atoms with Crippen LogP contribution < -0.4 is 10.1 Å². The van der Waals surface area contributed by atoms with E-state index in [9.17, 15) is 18.0 Å². The van der Waals surface area contributed by atoms with Gasteiger partial charge in [-0.1, -0.05) is 30.9 Å². The first-order valence-electron chi connectivity index (χ1n) is 10.4. The van der Waals surface area contributed by atoms with Gasteiger partial charge < -0.3 is 15.0 Å². The van der Waals surface area contributed by atoms with Gasteiger partial charge in [-0.25, -0.2) is 8.42 Å². The molecule has 3 aliphatic rings. The number of hydrogen-bond donors (Lipinski definition) is 1. The number of nitrogens with zero attached hydrogens (tertiary/aromatic N) is 2. The zero-order valence-electron chi connectivity index (χ0n) is 16.9. The molecule has 0 bridgehead atoms. The molecule has 2 fully saturated rings. The van der Waals surface area contributed by atoms with E-state index in [1.165, 1.54) is 22.9 Å². The molecule has 1 atom stereocenters. The van der Waals surface area contributed by atoms with Gasteiger partial charge in [0, 0.05) is 38.2 Å². The van der Waals surface area contributed by atoms with Crippen molar-refractivity contribution in [1.82, 2.24) is 9.21 Å². The first kappa shape index (κ1) is 21.4. The van der Waals surface area contributed by atoms with Crippen molar-refractivity contribution in [1.29, 1.82) is 0 Å². The van der Waals surface area contributed by atoms with E-state index in [2.05, 4.69) is 5.32 Å². The highest BCUT2D eigenvalue weighted by molar-refractivity contribution is 7.89. The van der Waals surface area contributed by atoms with Crippen LogP contribution in [0.2, 0.25) is 5.02 Å². The van der Waals surface area contributed by atoms with Gasteiger partial charge >= 0.3 is 0 Å². The minimum atomic E-state index is -3.86. The highest BCUT2D eigenvalue weighted by Gasteiger charge is 2.35. The maximum Gasteiger partial charge on any atom is 0.265 e. The van der Waals surface area contributed by atoms with E-state index in [0.29, 0.717) is 18.8 Å². The number of hydrogen-bond acceptors (Lipinski definition) is 5. The molecule has 0 radical (unpaired) electrons. The lowest BCUT2D eigenvalue weighted by atomic mass is 9.88. The standard InChI is InChI=1S/C20H26ClN3O5S/c1-13-19(25)22-16-11-15(21)18(12-17(16)29-13)30(27,28)24-9-7-23(8-10-24)20(26)14-5-3-2-4-6-14/h11-14H,2-10H2,1H3,(H,22,25). The van der Waals surface area contributed by atoms with Crippen molar-refractivity contribution < 1.29 is 22.7 Å². The number of carbonyl (C=O) groups excluding carboxylic acids is 2. The molecular formula is C20H26ClN3O5S. The highest BCUT2D eigenvalue weighted by atomic mass is 35.5.